The number of hydrogen-bond acceptors (Lipinski definition) is 2. The van der Waals surface area contributed by atoms with Crippen LogP contribution in [0.15, 0.2) is 11.6 Å². The molecule has 0 unspecified atom stereocenters. The van der Waals surface area contributed by atoms with E-state index in [9.17, 15) is 0 Å². The fourth-order valence-corrected chi connectivity index (χ4v) is 1.64. The first-order chi connectivity index (χ1) is 4.58. The van der Waals surface area contributed by atoms with Crippen LogP contribution in [-0.2, 0) is 9.47 Å². The van der Waals surface area contributed by atoms with Gasteiger partial charge in [-0.1, -0.05) is 19.6 Å². The lowest BCUT2D eigenvalue weighted by atomic mass is 10.8. The van der Waals surface area contributed by atoms with E-state index in [2.05, 4.69) is 25.3 Å². The van der Waals surface area contributed by atoms with Crippen LogP contribution in [-0.4, -0.2) is 21.3 Å². The zero-order valence-corrected chi connectivity index (χ0v) is 7.81. The van der Waals surface area contributed by atoms with Crippen molar-refractivity contribution in [1.29, 1.82) is 0 Å². The van der Waals surface area contributed by atoms with Gasteiger partial charge >= 0.3 is 0 Å². The van der Waals surface area contributed by atoms with E-state index in [4.69, 9.17) is 9.47 Å². The van der Waals surface area contributed by atoms with Crippen molar-refractivity contribution >= 4 is 8.07 Å². The second-order valence-corrected chi connectivity index (χ2v) is 8.55. The molecule has 0 aromatic carbocycles. The summed E-state index contributed by atoms with van der Waals surface area (Å²) in [4.78, 5) is 0. The van der Waals surface area contributed by atoms with Gasteiger partial charge in [0, 0.05) is 0 Å². The van der Waals surface area contributed by atoms with Gasteiger partial charge in [-0.2, -0.15) is 0 Å². The van der Waals surface area contributed by atoms with Gasteiger partial charge in [0.05, 0.1) is 8.07 Å². The van der Waals surface area contributed by atoms with Crippen LogP contribution in [0.5, 0.6) is 0 Å². The Morgan fingerprint density at radius 2 is 1.70 bits per heavy atom. The Kier molecular flexibility index (Phi) is 2.04. The van der Waals surface area contributed by atoms with Gasteiger partial charge in [-0.15, -0.1) is 0 Å². The normalized spacial score (nSPS) is 18.1. The Morgan fingerprint density at radius 3 is 2.10 bits per heavy atom. The third-order valence-corrected chi connectivity index (χ3v) is 2.22. The molecule has 2 nitrogen and oxygen atoms in total. The van der Waals surface area contributed by atoms with E-state index in [1.165, 1.54) is 0 Å². The van der Waals surface area contributed by atoms with E-state index in [0.29, 0.717) is 0 Å². The number of hydrogen-bond donors (Lipinski definition) is 0. The van der Waals surface area contributed by atoms with Crippen molar-refractivity contribution in [3.8, 4) is 0 Å². The molecule has 1 saturated heterocycles. The van der Waals surface area contributed by atoms with E-state index in [1.807, 2.05) is 0 Å². The smallest absolute Gasteiger partial charge is 0.271 e. The Hall–Kier alpha value is -0.443. The molecule has 0 aliphatic carbocycles. The lowest BCUT2D eigenvalue weighted by Gasteiger charge is -2.09. The molecule has 0 aromatic rings. The molecule has 3 heteroatoms. The van der Waals surface area contributed by atoms with Crippen LogP contribution in [0.25, 0.3) is 0 Å². The van der Waals surface area contributed by atoms with E-state index in [1.54, 1.807) is 0 Å². The van der Waals surface area contributed by atoms with Crippen LogP contribution < -0.4 is 0 Å². The Labute approximate surface area is 62.8 Å². The first kappa shape index (κ1) is 7.66. The van der Waals surface area contributed by atoms with Gasteiger partial charge in [0.25, 0.3) is 5.95 Å². The average Bonchev–Trinajstić information content (AvgIpc) is 2.12. The lowest BCUT2D eigenvalue weighted by molar-refractivity contribution is 0.177. The minimum atomic E-state index is -1.13. The van der Waals surface area contributed by atoms with Crippen LogP contribution in [0.2, 0.25) is 19.6 Å². The Bertz CT molecular complexity index is 138. The first-order valence-corrected chi connectivity index (χ1v) is 7.14. The van der Waals surface area contributed by atoms with E-state index < -0.39 is 8.07 Å². The maximum absolute atomic E-state index is 5.20. The summed E-state index contributed by atoms with van der Waals surface area (Å²) in [6.07, 6.45) is 0. The van der Waals surface area contributed by atoms with Crippen molar-refractivity contribution in [2.24, 2.45) is 0 Å². The molecule has 58 valence electrons. The quantitative estimate of drug-likeness (QED) is 0.541. The molecule has 1 fully saturated rings. The van der Waals surface area contributed by atoms with Gasteiger partial charge < -0.3 is 9.47 Å². The fraction of sp³-hybridized carbons (Fsp3) is 0.714. The van der Waals surface area contributed by atoms with Crippen LogP contribution in [0.3, 0.4) is 0 Å². The predicted octanol–water partition coefficient (Wildman–Crippen LogP) is 1.75. The molecule has 0 aromatic heterocycles. The maximum atomic E-state index is 5.20. The monoisotopic (exact) mass is 158 g/mol. The molecule has 1 heterocycles. The molecule has 1 aliphatic rings. The number of rotatable bonds is 1. The van der Waals surface area contributed by atoms with Gasteiger partial charge in [0.1, 0.15) is 13.2 Å². The molecule has 0 saturated carbocycles. The minimum Gasteiger partial charge on any atom is -0.462 e. The van der Waals surface area contributed by atoms with E-state index >= 15 is 0 Å². The highest BCUT2D eigenvalue weighted by Gasteiger charge is 2.15. The van der Waals surface area contributed by atoms with Crippen LogP contribution in [0, 0.1) is 0 Å². The van der Waals surface area contributed by atoms with Crippen molar-refractivity contribution < 1.29 is 9.47 Å². The summed E-state index contributed by atoms with van der Waals surface area (Å²) in [6, 6.07) is 0. The summed E-state index contributed by atoms with van der Waals surface area (Å²) in [5.41, 5.74) is 2.14. The summed E-state index contributed by atoms with van der Waals surface area (Å²) >= 11 is 0. The second kappa shape index (κ2) is 2.66. The van der Waals surface area contributed by atoms with Crippen molar-refractivity contribution in [2.75, 3.05) is 13.2 Å². The van der Waals surface area contributed by atoms with Crippen molar-refractivity contribution in [3.05, 3.63) is 11.6 Å². The highest BCUT2D eigenvalue weighted by molar-refractivity contribution is 6.81. The predicted molar refractivity (Wildman–Crippen MR) is 43.3 cm³/mol. The van der Waals surface area contributed by atoms with Gasteiger partial charge in [-0.25, -0.2) is 0 Å². The summed E-state index contributed by atoms with van der Waals surface area (Å²) in [5, 5.41) is 0. The van der Waals surface area contributed by atoms with Gasteiger partial charge in [-0.3, -0.25) is 0 Å². The molecule has 0 atom stereocenters. The van der Waals surface area contributed by atoms with Crippen LogP contribution in [0.4, 0.5) is 0 Å². The number of ether oxygens (including phenoxy) is 2. The Morgan fingerprint density at radius 1 is 1.20 bits per heavy atom. The molecule has 0 radical (unpaired) electrons. The highest BCUT2D eigenvalue weighted by atomic mass is 28.3. The minimum absolute atomic E-state index is 0.719. The standard InChI is InChI=1S/C7H14O2Si/c1-10(2,3)6-7-8-4-5-9-7/h6H,4-5H2,1-3H3. The van der Waals surface area contributed by atoms with Gasteiger partial charge in [0.2, 0.25) is 0 Å². The molecule has 0 bridgehead atoms. The molecule has 0 amide bonds. The van der Waals surface area contributed by atoms with Gasteiger partial charge in [-0.05, 0) is 5.70 Å². The lowest BCUT2D eigenvalue weighted by Crippen LogP contribution is -2.17. The SMILES string of the molecule is C[Si](C)(C)C=C1OCCO1. The zero-order chi connectivity index (χ0) is 7.61. The van der Waals surface area contributed by atoms with Crippen molar-refractivity contribution in [2.45, 2.75) is 19.6 Å². The topological polar surface area (TPSA) is 18.5 Å². The second-order valence-electron chi connectivity index (χ2n) is 3.53. The average molecular weight is 158 g/mol. The van der Waals surface area contributed by atoms with E-state index in [-0.39, 0.29) is 0 Å². The van der Waals surface area contributed by atoms with Crippen LogP contribution in [0.1, 0.15) is 0 Å². The summed E-state index contributed by atoms with van der Waals surface area (Å²) in [6.45, 7) is 8.20. The van der Waals surface area contributed by atoms with Crippen LogP contribution >= 0.6 is 0 Å². The van der Waals surface area contributed by atoms with E-state index in [0.717, 1.165) is 19.2 Å². The van der Waals surface area contributed by atoms with Crippen molar-refractivity contribution in [1.82, 2.24) is 0 Å². The summed E-state index contributed by atoms with van der Waals surface area (Å²) in [5.74, 6) is 0.749. The summed E-state index contributed by atoms with van der Waals surface area (Å²) in [7, 11) is -1.13. The molecular weight excluding hydrogens is 144 g/mol. The third kappa shape index (κ3) is 2.43. The zero-order valence-electron chi connectivity index (χ0n) is 6.81. The highest BCUT2D eigenvalue weighted by Crippen LogP contribution is 2.13. The largest absolute Gasteiger partial charge is 0.462 e. The molecule has 0 spiro atoms. The summed E-state index contributed by atoms with van der Waals surface area (Å²) < 4.78 is 10.4. The molecule has 1 aliphatic heterocycles. The van der Waals surface area contributed by atoms with Gasteiger partial charge in [0.15, 0.2) is 0 Å². The molecule has 1 rings (SSSR count). The fourth-order valence-electron chi connectivity index (χ4n) is 0.763. The Balaban J connectivity index is 2.53. The van der Waals surface area contributed by atoms with Crippen molar-refractivity contribution in [3.63, 3.8) is 0 Å². The first-order valence-electron chi connectivity index (χ1n) is 3.56. The maximum Gasteiger partial charge on any atom is 0.271 e. The third-order valence-electron chi connectivity index (χ3n) is 1.12. The molecular formula is C7H14O2Si. The molecule has 10 heavy (non-hydrogen) atoms. The molecule has 0 N–H and O–H groups in total.